The van der Waals surface area contributed by atoms with Crippen LogP contribution >= 0.6 is 11.6 Å². The molecule has 0 saturated carbocycles. The molecular formula is C31H37ClN8O. The first-order chi connectivity index (χ1) is 19.8. The summed E-state index contributed by atoms with van der Waals surface area (Å²) < 4.78 is 7.23. The van der Waals surface area contributed by atoms with Crippen LogP contribution in [0.25, 0.3) is 10.9 Å². The largest absolute Gasteiger partial charge is 0.383 e. The molecule has 1 fully saturated rings. The van der Waals surface area contributed by atoms with Crippen molar-refractivity contribution in [2.75, 3.05) is 44.0 Å². The Balaban J connectivity index is 1.47. The molecule has 1 saturated heterocycles. The van der Waals surface area contributed by atoms with Crippen LogP contribution in [0.5, 0.6) is 0 Å². The number of nitriles is 1. The Morgan fingerprint density at radius 2 is 1.93 bits per heavy atom. The Morgan fingerprint density at radius 3 is 2.61 bits per heavy atom. The van der Waals surface area contributed by atoms with Gasteiger partial charge in [0, 0.05) is 49.6 Å². The zero-order chi connectivity index (χ0) is 29.0. The number of piperidine rings is 1. The van der Waals surface area contributed by atoms with E-state index in [2.05, 4.69) is 76.0 Å². The highest BCUT2D eigenvalue weighted by molar-refractivity contribution is 6.35. The topological polar surface area (TPSA) is 104 Å². The Labute approximate surface area is 246 Å². The van der Waals surface area contributed by atoms with Crippen molar-refractivity contribution in [1.29, 1.82) is 5.26 Å². The van der Waals surface area contributed by atoms with Crippen molar-refractivity contribution >= 4 is 33.9 Å². The Morgan fingerprint density at radius 1 is 1.17 bits per heavy atom. The van der Waals surface area contributed by atoms with E-state index >= 15 is 0 Å². The predicted molar refractivity (Wildman–Crippen MR) is 163 cm³/mol. The van der Waals surface area contributed by atoms with E-state index in [1.807, 2.05) is 35.0 Å². The summed E-state index contributed by atoms with van der Waals surface area (Å²) in [6.45, 7) is 9.94. The van der Waals surface area contributed by atoms with Crippen LogP contribution in [-0.4, -0.2) is 63.8 Å². The molecule has 10 heteroatoms. The van der Waals surface area contributed by atoms with Crippen molar-refractivity contribution in [3.63, 3.8) is 0 Å². The van der Waals surface area contributed by atoms with Gasteiger partial charge in [-0.15, -0.1) is 5.10 Å². The van der Waals surface area contributed by atoms with Crippen LogP contribution in [0.2, 0.25) is 5.02 Å². The van der Waals surface area contributed by atoms with E-state index in [1.54, 1.807) is 13.3 Å². The van der Waals surface area contributed by atoms with Crippen LogP contribution in [0.1, 0.15) is 62.5 Å². The first-order valence-corrected chi connectivity index (χ1v) is 14.4. The summed E-state index contributed by atoms with van der Waals surface area (Å²) in [5, 5.41) is 27.2. The van der Waals surface area contributed by atoms with Crippen LogP contribution in [-0.2, 0) is 4.74 Å². The molecule has 0 bridgehead atoms. The van der Waals surface area contributed by atoms with Gasteiger partial charge in [0.15, 0.2) is 0 Å². The van der Waals surface area contributed by atoms with Gasteiger partial charge in [-0.05, 0) is 51.3 Å². The number of methoxy groups -OCH3 is 1. The maximum atomic E-state index is 9.75. The molecule has 9 nitrogen and oxygen atoms in total. The number of likely N-dealkylation sites (tertiary alicyclic amines) is 1. The fourth-order valence-electron chi connectivity index (χ4n) is 5.44. The van der Waals surface area contributed by atoms with E-state index < -0.39 is 0 Å². The minimum atomic E-state index is -0.259. The molecular weight excluding hydrogens is 536 g/mol. The summed E-state index contributed by atoms with van der Waals surface area (Å²) >= 11 is 6.74. The number of nitrogens with one attached hydrogen (secondary N) is 2. The van der Waals surface area contributed by atoms with Crippen molar-refractivity contribution < 1.29 is 4.74 Å². The van der Waals surface area contributed by atoms with E-state index in [1.165, 1.54) is 0 Å². The van der Waals surface area contributed by atoms with Crippen LogP contribution in [0.3, 0.4) is 0 Å². The van der Waals surface area contributed by atoms with Gasteiger partial charge < -0.3 is 15.4 Å². The molecule has 0 spiro atoms. The first-order valence-electron chi connectivity index (χ1n) is 14.0. The molecule has 214 valence electrons. The number of hydrogen-bond acceptors (Lipinski definition) is 8. The van der Waals surface area contributed by atoms with Gasteiger partial charge in [0.2, 0.25) is 0 Å². The van der Waals surface area contributed by atoms with Gasteiger partial charge in [-0.1, -0.05) is 47.1 Å². The third kappa shape index (κ3) is 6.46. The lowest BCUT2D eigenvalue weighted by molar-refractivity contribution is 0.0866. The van der Waals surface area contributed by atoms with Crippen molar-refractivity contribution in [2.45, 2.75) is 51.2 Å². The zero-order valence-electron chi connectivity index (χ0n) is 24.1. The molecule has 4 aromatic rings. The average molecular weight is 573 g/mol. The number of benzene rings is 2. The molecule has 41 heavy (non-hydrogen) atoms. The highest BCUT2D eigenvalue weighted by Crippen LogP contribution is 2.36. The minimum absolute atomic E-state index is 0.171. The van der Waals surface area contributed by atoms with Crippen molar-refractivity contribution in [3.05, 3.63) is 76.7 Å². The lowest BCUT2D eigenvalue weighted by Crippen LogP contribution is -2.46. The van der Waals surface area contributed by atoms with Crippen LogP contribution in [0.4, 0.5) is 11.4 Å². The standard InChI is InChI=1S/C31H37ClN8O/c1-31(2,3)39-13-10-24(11-14-39)40-20-27(37-38-40)29(21-8-6-5-7-9-21)36-23-16-25-28(34-12-15-41-4)22(18-33)19-35-30(25)26(32)17-23/h5-9,16-17,19-20,24,29,36H,10-15H2,1-4H3,(H,34,35). The van der Waals surface area contributed by atoms with Gasteiger partial charge in [0.05, 0.1) is 46.7 Å². The maximum Gasteiger partial charge on any atom is 0.109 e. The number of anilines is 2. The Bertz CT molecular complexity index is 1520. The molecule has 3 heterocycles. The van der Waals surface area contributed by atoms with E-state index in [-0.39, 0.29) is 11.6 Å². The highest BCUT2D eigenvalue weighted by Gasteiger charge is 2.29. The Hall–Kier alpha value is -3.71. The van der Waals surface area contributed by atoms with Crippen LogP contribution < -0.4 is 10.6 Å². The average Bonchev–Trinajstić information content (AvgIpc) is 3.46. The van der Waals surface area contributed by atoms with Gasteiger partial charge in [-0.25, -0.2) is 4.68 Å². The van der Waals surface area contributed by atoms with Crippen molar-refractivity contribution in [3.8, 4) is 6.07 Å². The number of halogens is 1. The summed E-state index contributed by atoms with van der Waals surface area (Å²) in [7, 11) is 1.64. The lowest BCUT2D eigenvalue weighted by atomic mass is 9.98. The zero-order valence-corrected chi connectivity index (χ0v) is 24.8. The fraction of sp³-hybridized carbons (Fsp3) is 0.419. The number of nitrogens with zero attached hydrogens (tertiary/aromatic N) is 6. The van der Waals surface area contributed by atoms with Gasteiger partial charge >= 0.3 is 0 Å². The third-order valence-corrected chi connectivity index (χ3v) is 8.00. The van der Waals surface area contributed by atoms with Crippen molar-refractivity contribution in [2.24, 2.45) is 0 Å². The minimum Gasteiger partial charge on any atom is -0.383 e. The molecule has 2 aromatic heterocycles. The van der Waals surface area contributed by atoms with Gasteiger partial charge in [-0.3, -0.25) is 9.88 Å². The molecule has 2 aromatic carbocycles. The molecule has 1 atom stereocenters. The normalized spacial score (nSPS) is 15.5. The fourth-order valence-corrected chi connectivity index (χ4v) is 5.71. The second kappa shape index (κ2) is 12.4. The third-order valence-electron chi connectivity index (χ3n) is 7.71. The summed E-state index contributed by atoms with van der Waals surface area (Å²) in [4.78, 5) is 7.00. The lowest BCUT2D eigenvalue weighted by Gasteiger charge is -2.40. The SMILES string of the molecule is COCCNc1c(C#N)cnc2c(Cl)cc(NC(c3ccccc3)c3cn(C4CCN(C(C)(C)C)CC4)nn3)cc12. The van der Waals surface area contributed by atoms with E-state index in [4.69, 9.17) is 16.3 Å². The Kier molecular flexibility index (Phi) is 8.74. The quantitative estimate of drug-likeness (QED) is 0.234. The summed E-state index contributed by atoms with van der Waals surface area (Å²) in [6, 6.07) is 16.3. The molecule has 1 unspecified atom stereocenters. The predicted octanol–water partition coefficient (Wildman–Crippen LogP) is 6.05. The molecule has 0 amide bonds. The van der Waals surface area contributed by atoms with E-state index in [9.17, 15) is 5.26 Å². The molecule has 1 aliphatic rings. The van der Waals surface area contributed by atoms with Crippen LogP contribution in [0, 0.1) is 11.3 Å². The number of pyridine rings is 1. The molecule has 5 rings (SSSR count). The second-order valence-electron chi connectivity index (χ2n) is 11.4. The summed E-state index contributed by atoms with van der Waals surface area (Å²) in [6.07, 6.45) is 5.69. The van der Waals surface area contributed by atoms with Gasteiger partial charge in [0.25, 0.3) is 0 Å². The summed E-state index contributed by atoms with van der Waals surface area (Å²) in [5.41, 5.74) is 4.60. The molecule has 0 radical (unpaired) electrons. The van der Waals surface area contributed by atoms with Gasteiger partial charge in [0.1, 0.15) is 11.8 Å². The highest BCUT2D eigenvalue weighted by atomic mass is 35.5. The number of ether oxygens (including phenoxy) is 1. The number of rotatable bonds is 9. The van der Waals surface area contributed by atoms with E-state index in [0.29, 0.717) is 41.0 Å². The second-order valence-corrected chi connectivity index (χ2v) is 11.8. The van der Waals surface area contributed by atoms with Gasteiger partial charge in [-0.2, -0.15) is 5.26 Å². The maximum absolute atomic E-state index is 9.75. The first kappa shape index (κ1) is 28.8. The number of aromatic nitrogens is 4. The smallest absolute Gasteiger partial charge is 0.109 e. The molecule has 1 aliphatic heterocycles. The number of fused-ring (bicyclic) bond motifs is 1. The monoisotopic (exact) mass is 572 g/mol. The molecule has 2 N–H and O–H groups in total. The summed E-state index contributed by atoms with van der Waals surface area (Å²) in [5.74, 6) is 0. The van der Waals surface area contributed by atoms with E-state index in [0.717, 1.165) is 48.3 Å². The van der Waals surface area contributed by atoms with Crippen molar-refractivity contribution in [1.82, 2.24) is 24.9 Å². The number of hydrogen-bond donors (Lipinski definition) is 2. The molecule has 0 aliphatic carbocycles. The van der Waals surface area contributed by atoms with Crippen LogP contribution in [0.15, 0.2) is 54.9 Å².